The van der Waals surface area contributed by atoms with Crippen LogP contribution in [0.5, 0.6) is 0 Å². The molecule has 0 saturated heterocycles. The third-order valence-electron chi connectivity index (χ3n) is 7.00. The molecule has 0 spiro atoms. The average Bonchev–Trinajstić information content (AvgIpc) is 3.55. The van der Waals surface area contributed by atoms with Crippen LogP contribution in [0.4, 0.5) is 19.1 Å². The van der Waals surface area contributed by atoms with Crippen LogP contribution in [0.2, 0.25) is 0 Å². The van der Waals surface area contributed by atoms with Crippen LogP contribution in [0.15, 0.2) is 36.8 Å². The molecule has 1 aromatic carbocycles. The number of nitrogens with zero attached hydrogens (tertiary/aromatic N) is 9. The molecular formula is C23H23F3N10O. The first kappa shape index (κ1) is 23.3. The number of benzene rings is 1. The molecule has 1 saturated carbocycles. The van der Waals surface area contributed by atoms with E-state index in [1.54, 1.807) is 12.4 Å². The van der Waals surface area contributed by atoms with Gasteiger partial charge in [0.1, 0.15) is 11.8 Å². The average molecular weight is 513 g/mol. The number of alkyl halides is 3. The molecule has 4 aromatic rings. The summed E-state index contributed by atoms with van der Waals surface area (Å²) in [5.41, 5.74) is -0.879. The topological polar surface area (TPSA) is 120 Å². The van der Waals surface area contributed by atoms with E-state index >= 15 is 0 Å². The van der Waals surface area contributed by atoms with Crippen molar-refractivity contribution in [3.8, 4) is 5.82 Å². The predicted molar refractivity (Wildman–Crippen MR) is 124 cm³/mol. The van der Waals surface area contributed by atoms with Gasteiger partial charge in [0.15, 0.2) is 11.6 Å². The van der Waals surface area contributed by atoms with E-state index in [1.165, 1.54) is 23.0 Å². The molecule has 1 aliphatic carbocycles. The summed E-state index contributed by atoms with van der Waals surface area (Å²) in [6.45, 7) is 1.85. The maximum absolute atomic E-state index is 13.3. The summed E-state index contributed by atoms with van der Waals surface area (Å²) in [5, 5.41) is 19.0. The van der Waals surface area contributed by atoms with E-state index in [2.05, 4.69) is 35.8 Å². The number of fused-ring (bicyclic) bond motifs is 2. The van der Waals surface area contributed by atoms with Gasteiger partial charge in [0, 0.05) is 37.3 Å². The zero-order valence-electron chi connectivity index (χ0n) is 19.6. The fourth-order valence-corrected chi connectivity index (χ4v) is 5.06. The van der Waals surface area contributed by atoms with Gasteiger partial charge in [-0.3, -0.25) is 4.79 Å². The van der Waals surface area contributed by atoms with Crippen LogP contribution >= 0.6 is 0 Å². The molecule has 4 heterocycles. The SMILES string of the molecule is O=C([C@H]1CC[C@@H](Nc2nccc(-n3nnc4c(C(F)(F)F)cccc43)n2)CC1)N1CCn2cnnc2C1. The normalized spacial score (nSPS) is 20.1. The fraction of sp³-hybridized carbons (Fsp3) is 0.435. The summed E-state index contributed by atoms with van der Waals surface area (Å²) in [5.74, 6) is 1.58. The van der Waals surface area contributed by atoms with E-state index in [0.717, 1.165) is 37.6 Å². The highest BCUT2D eigenvalue weighted by molar-refractivity contribution is 5.80. The Morgan fingerprint density at radius 2 is 1.89 bits per heavy atom. The summed E-state index contributed by atoms with van der Waals surface area (Å²) >= 11 is 0. The van der Waals surface area contributed by atoms with Crippen molar-refractivity contribution < 1.29 is 18.0 Å². The summed E-state index contributed by atoms with van der Waals surface area (Å²) in [6, 6.07) is 5.46. The Labute approximate surface area is 208 Å². The second kappa shape index (κ2) is 9.09. The van der Waals surface area contributed by atoms with Crippen molar-refractivity contribution in [2.75, 3.05) is 11.9 Å². The van der Waals surface area contributed by atoms with E-state index in [0.29, 0.717) is 31.4 Å². The number of anilines is 1. The van der Waals surface area contributed by atoms with E-state index in [9.17, 15) is 18.0 Å². The molecule has 1 amide bonds. The van der Waals surface area contributed by atoms with Gasteiger partial charge >= 0.3 is 6.18 Å². The first-order chi connectivity index (χ1) is 17.9. The highest BCUT2D eigenvalue weighted by atomic mass is 19.4. The number of amides is 1. The fourth-order valence-electron chi connectivity index (χ4n) is 5.06. The Kier molecular flexibility index (Phi) is 5.72. The number of hydrogen-bond acceptors (Lipinski definition) is 8. The molecule has 0 bridgehead atoms. The van der Waals surface area contributed by atoms with Crippen LogP contribution < -0.4 is 5.32 Å². The molecule has 6 rings (SSSR count). The number of aromatic nitrogens is 8. The van der Waals surface area contributed by atoms with Gasteiger partial charge in [-0.05, 0) is 37.8 Å². The third-order valence-corrected chi connectivity index (χ3v) is 7.00. The van der Waals surface area contributed by atoms with E-state index in [1.807, 2.05) is 9.47 Å². The molecule has 192 valence electrons. The monoisotopic (exact) mass is 512 g/mol. The van der Waals surface area contributed by atoms with Crippen molar-refractivity contribution in [1.82, 2.24) is 44.6 Å². The Balaban J connectivity index is 1.11. The molecule has 2 aliphatic rings. The summed E-state index contributed by atoms with van der Waals surface area (Å²) < 4.78 is 43.3. The number of nitrogens with one attached hydrogen (secondary N) is 1. The zero-order chi connectivity index (χ0) is 25.6. The molecule has 3 aromatic heterocycles. The van der Waals surface area contributed by atoms with Crippen LogP contribution in [0.25, 0.3) is 16.9 Å². The number of carbonyl (C=O) groups is 1. The number of hydrogen-bond donors (Lipinski definition) is 1. The van der Waals surface area contributed by atoms with E-state index in [-0.39, 0.29) is 28.9 Å². The second-order valence-corrected chi connectivity index (χ2v) is 9.30. The largest absolute Gasteiger partial charge is 0.418 e. The van der Waals surface area contributed by atoms with Crippen LogP contribution in [-0.2, 0) is 24.1 Å². The van der Waals surface area contributed by atoms with Gasteiger partial charge in [0.2, 0.25) is 11.9 Å². The Morgan fingerprint density at radius 3 is 2.70 bits per heavy atom. The lowest BCUT2D eigenvalue weighted by Gasteiger charge is -2.34. The minimum Gasteiger partial charge on any atom is -0.351 e. The first-order valence-corrected chi connectivity index (χ1v) is 12.0. The zero-order valence-corrected chi connectivity index (χ0v) is 19.6. The molecule has 1 fully saturated rings. The highest BCUT2D eigenvalue weighted by Gasteiger charge is 2.34. The van der Waals surface area contributed by atoms with Crippen LogP contribution in [0.3, 0.4) is 0 Å². The van der Waals surface area contributed by atoms with Crippen LogP contribution in [-0.4, -0.2) is 63.1 Å². The minimum atomic E-state index is -4.54. The van der Waals surface area contributed by atoms with Gasteiger partial charge in [-0.2, -0.15) is 22.8 Å². The summed E-state index contributed by atoms with van der Waals surface area (Å²) in [7, 11) is 0. The molecule has 1 N–H and O–H groups in total. The van der Waals surface area contributed by atoms with E-state index in [4.69, 9.17) is 0 Å². The molecule has 1 aliphatic heterocycles. The lowest BCUT2D eigenvalue weighted by atomic mass is 9.85. The second-order valence-electron chi connectivity index (χ2n) is 9.30. The number of carbonyl (C=O) groups excluding carboxylic acids is 1. The Morgan fingerprint density at radius 1 is 1.05 bits per heavy atom. The van der Waals surface area contributed by atoms with Gasteiger partial charge in [-0.15, -0.1) is 15.3 Å². The number of halogens is 3. The quantitative estimate of drug-likeness (QED) is 0.443. The Bertz CT molecular complexity index is 1440. The van der Waals surface area contributed by atoms with Crippen LogP contribution in [0.1, 0.15) is 37.1 Å². The molecular weight excluding hydrogens is 489 g/mol. The molecule has 0 radical (unpaired) electrons. The molecule has 11 nitrogen and oxygen atoms in total. The Hall–Kier alpha value is -4.10. The van der Waals surface area contributed by atoms with Crippen molar-refractivity contribution in [3.05, 3.63) is 48.2 Å². The third kappa shape index (κ3) is 4.47. The van der Waals surface area contributed by atoms with Crippen molar-refractivity contribution in [2.24, 2.45) is 5.92 Å². The first-order valence-electron chi connectivity index (χ1n) is 12.0. The maximum Gasteiger partial charge on any atom is 0.418 e. The lowest BCUT2D eigenvalue weighted by molar-refractivity contribution is -0.138. The smallest absolute Gasteiger partial charge is 0.351 e. The summed E-state index contributed by atoms with van der Waals surface area (Å²) in [4.78, 5) is 23.7. The maximum atomic E-state index is 13.3. The van der Waals surface area contributed by atoms with Gasteiger partial charge in [-0.1, -0.05) is 11.3 Å². The highest BCUT2D eigenvalue weighted by Crippen LogP contribution is 2.34. The van der Waals surface area contributed by atoms with Gasteiger partial charge in [-0.25, -0.2) is 4.98 Å². The molecule has 37 heavy (non-hydrogen) atoms. The van der Waals surface area contributed by atoms with Crippen molar-refractivity contribution in [3.63, 3.8) is 0 Å². The molecule has 0 atom stereocenters. The predicted octanol–water partition coefficient (Wildman–Crippen LogP) is 2.83. The van der Waals surface area contributed by atoms with Crippen molar-refractivity contribution in [1.29, 1.82) is 0 Å². The summed E-state index contributed by atoms with van der Waals surface area (Å²) in [6.07, 6.45) is 1.71. The van der Waals surface area contributed by atoms with Crippen molar-refractivity contribution >= 4 is 22.9 Å². The molecule has 0 unspecified atom stereocenters. The standard InChI is InChI=1S/C23H23F3N10O/c24-23(25,26)16-2-1-3-17-20(16)32-33-36(17)18-8-9-27-22(30-18)29-15-6-4-14(5-7-15)21(37)34-10-11-35-13-28-31-19(35)12-34/h1-3,8-9,13-15H,4-7,10-12H2,(H,27,29,30)/t14-,15+. The number of rotatable bonds is 4. The van der Waals surface area contributed by atoms with Crippen molar-refractivity contribution in [2.45, 2.75) is 51.0 Å². The lowest BCUT2D eigenvalue weighted by Crippen LogP contribution is -2.43. The van der Waals surface area contributed by atoms with Crippen LogP contribution in [0, 0.1) is 5.92 Å². The minimum absolute atomic E-state index is 0.0379. The molecule has 14 heteroatoms. The van der Waals surface area contributed by atoms with Gasteiger partial charge in [0.25, 0.3) is 0 Å². The van der Waals surface area contributed by atoms with Gasteiger partial charge < -0.3 is 14.8 Å². The van der Waals surface area contributed by atoms with Gasteiger partial charge in [0.05, 0.1) is 17.6 Å². The van der Waals surface area contributed by atoms with E-state index < -0.39 is 11.7 Å².